The lowest BCUT2D eigenvalue weighted by atomic mass is 9.67. The second-order valence-electron chi connectivity index (χ2n) is 8.46. The van der Waals surface area contributed by atoms with Crippen molar-refractivity contribution in [2.75, 3.05) is 19.7 Å². The number of nitrogens with zero attached hydrogens (tertiary/aromatic N) is 1. The first-order valence-corrected chi connectivity index (χ1v) is 9.11. The smallest absolute Gasteiger partial charge is 0.410 e. The Hall–Kier alpha value is -1.62. The molecule has 1 aliphatic heterocycles. The van der Waals surface area contributed by atoms with Gasteiger partial charge in [0.1, 0.15) is 11.4 Å². The third-order valence-electron chi connectivity index (χ3n) is 5.45. The molecule has 3 rings (SSSR count). The van der Waals surface area contributed by atoms with Gasteiger partial charge in [0.2, 0.25) is 0 Å². The van der Waals surface area contributed by atoms with Gasteiger partial charge < -0.3 is 14.7 Å². The summed E-state index contributed by atoms with van der Waals surface area (Å²) in [5.41, 5.74) is 0.186. The van der Waals surface area contributed by atoms with Gasteiger partial charge in [0, 0.05) is 19.7 Å². The highest BCUT2D eigenvalue weighted by molar-refractivity contribution is 5.68. The summed E-state index contributed by atoms with van der Waals surface area (Å²) in [5.74, 6) is 0.491. The molecule has 1 saturated heterocycles. The van der Waals surface area contributed by atoms with E-state index in [1.54, 1.807) is 11.0 Å². The van der Waals surface area contributed by atoms with Gasteiger partial charge in [-0.15, -0.1) is 0 Å². The number of likely N-dealkylation sites (tertiary alicyclic amines) is 1. The molecule has 2 aliphatic rings. The first kappa shape index (κ1) is 18.2. The summed E-state index contributed by atoms with van der Waals surface area (Å²) in [6, 6.07) is 6.89. The van der Waals surface area contributed by atoms with Gasteiger partial charge in [0.25, 0.3) is 0 Å². The van der Waals surface area contributed by atoms with Gasteiger partial charge >= 0.3 is 6.09 Å². The molecule has 0 spiro atoms. The summed E-state index contributed by atoms with van der Waals surface area (Å²) in [5, 5.41) is 9.67. The number of hydrogen-bond acceptors (Lipinski definition) is 3. The van der Waals surface area contributed by atoms with Crippen molar-refractivity contribution in [2.45, 2.75) is 45.1 Å². The minimum absolute atomic E-state index is 0.0320. The molecule has 1 heterocycles. The maximum absolute atomic E-state index is 14.4. The highest BCUT2D eigenvalue weighted by atomic mass is 19.1. The molecule has 4 atom stereocenters. The summed E-state index contributed by atoms with van der Waals surface area (Å²) in [4.78, 5) is 14.2. The van der Waals surface area contributed by atoms with Crippen molar-refractivity contribution in [2.24, 2.45) is 17.8 Å². The van der Waals surface area contributed by atoms with Crippen molar-refractivity contribution < 1.29 is 19.0 Å². The van der Waals surface area contributed by atoms with Crippen LogP contribution >= 0.6 is 0 Å². The van der Waals surface area contributed by atoms with Crippen molar-refractivity contribution in [3.63, 3.8) is 0 Å². The zero-order valence-corrected chi connectivity index (χ0v) is 15.2. The number of aliphatic hydroxyl groups excluding tert-OH is 1. The van der Waals surface area contributed by atoms with E-state index in [0.717, 1.165) is 12.8 Å². The van der Waals surface area contributed by atoms with Crippen molar-refractivity contribution in [3.05, 3.63) is 35.6 Å². The number of halogens is 1. The molecule has 4 unspecified atom stereocenters. The fourth-order valence-corrected chi connectivity index (χ4v) is 4.42. The molecule has 1 aromatic rings. The zero-order valence-electron chi connectivity index (χ0n) is 15.2. The largest absolute Gasteiger partial charge is 0.444 e. The predicted molar refractivity (Wildman–Crippen MR) is 93.7 cm³/mol. The third kappa shape index (κ3) is 3.97. The van der Waals surface area contributed by atoms with Crippen LogP contribution in [-0.4, -0.2) is 41.4 Å². The van der Waals surface area contributed by atoms with Gasteiger partial charge in [-0.2, -0.15) is 0 Å². The van der Waals surface area contributed by atoms with E-state index in [1.807, 2.05) is 32.9 Å². The molecule has 0 radical (unpaired) electrons. The Morgan fingerprint density at radius 3 is 2.64 bits per heavy atom. The quantitative estimate of drug-likeness (QED) is 0.884. The monoisotopic (exact) mass is 349 g/mol. The zero-order chi connectivity index (χ0) is 18.2. The van der Waals surface area contributed by atoms with Crippen LogP contribution in [0.25, 0.3) is 0 Å². The lowest BCUT2D eigenvalue weighted by molar-refractivity contribution is 0.0283. The SMILES string of the molecule is CC(C)(C)OC(=O)N1CC2CC(CO)CC(c3ccccc3F)C2C1. The highest BCUT2D eigenvalue weighted by Crippen LogP contribution is 2.48. The molecule has 2 fully saturated rings. The van der Waals surface area contributed by atoms with Crippen LogP contribution in [-0.2, 0) is 4.74 Å². The molecule has 0 bridgehead atoms. The summed E-state index contributed by atoms with van der Waals surface area (Å²) in [6.07, 6.45) is 1.35. The number of ether oxygens (including phenoxy) is 1. The summed E-state index contributed by atoms with van der Waals surface area (Å²) in [7, 11) is 0. The van der Waals surface area contributed by atoms with E-state index >= 15 is 0 Å². The molecule has 138 valence electrons. The van der Waals surface area contributed by atoms with Crippen molar-refractivity contribution in [3.8, 4) is 0 Å². The van der Waals surface area contributed by atoms with E-state index in [4.69, 9.17) is 4.74 Å². The number of fused-ring (bicyclic) bond motifs is 1. The van der Waals surface area contributed by atoms with Gasteiger partial charge in [-0.05, 0) is 68.9 Å². The molecule has 1 saturated carbocycles. The first-order valence-electron chi connectivity index (χ1n) is 9.11. The van der Waals surface area contributed by atoms with E-state index < -0.39 is 5.60 Å². The Morgan fingerprint density at radius 2 is 2.00 bits per heavy atom. The number of carbonyl (C=O) groups excluding carboxylic acids is 1. The van der Waals surface area contributed by atoms with Crippen LogP contribution in [0.1, 0.15) is 45.1 Å². The van der Waals surface area contributed by atoms with Crippen LogP contribution in [0.15, 0.2) is 24.3 Å². The van der Waals surface area contributed by atoms with Crippen LogP contribution in [0.2, 0.25) is 0 Å². The highest BCUT2D eigenvalue weighted by Gasteiger charge is 2.46. The fourth-order valence-electron chi connectivity index (χ4n) is 4.42. The summed E-state index contributed by atoms with van der Waals surface area (Å²) < 4.78 is 19.9. The van der Waals surface area contributed by atoms with Crippen LogP contribution in [0.3, 0.4) is 0 Å². The van der Waals surface area contributed by atoms with Gasteiger partial charge in [-0.25, -0.2) is 9.18 Å². The second-order valence-corrected chi connectivity index (χ2v) is 8.46. The molecule has 1 N–H and O–H groups in total. The van der Waals surface area contributed by atoms with Gasteiger partial charge in [-0.1, -0.05) is 18.2 Å². The Balaban J connectivity index is 1.81. The van der Waals surface area contributed by atoms with Crippen molar-refractivity contribution in [1.82, 2.24) is 4.90 Å². The van der Waals surface area contributed by atoms with Gasteiger partial charge in [0.05, 0.1) is 0 Å². The maximum atomic E-state index is 14.4. The average molecular weight is 349 g/mol. The fraction of sp³-hybridized carbons (Fsp3) is 0.650. The lowest BCUT2D eigenvalue weighted by Crippen LogP contribution is -2.35. The molecule has 25 heavy (non-hydrogen) atoms. The standard InChI is InChI=1S/C20H28FNO3/c1-20(2,3)25-19(24)22-10-14-8-13(12-23)9-16(17(14)11-22)15-6-4-5-7-18(15)21/h4-7,13-14,16-17,23H,8-12H2,1-3H3. The van der Waals surface area contributed by atoms with Crippen molar-refractivity contribution >= 4 is 6.09 Å². The molecule has 1 aliphatic carbocycles. The maximum Gasteiger partial charge on any atom is 0.410 e. The predicted octanol–water partition coefficient (Wildman–Crippen LogP) is 3.79. The molecule has 1 amide bonds. The molecular weight excluding hydrogens is 321 g/mol. The Bertz CT molecular complexity index is 628. The Labute approximate surface area is 149 Å². The Kier molecular flexibility index (Phi) is 5.05. The number of hydrogen-bond donors (Lipinski definition) is 1. The number of benzene rings is 1. The normalized spacial score (nSPS) is 29.4. The number of carbonyl (C=O) groups is 1. The molecule has 1 aromatic carbocycles. The van der Waals surface area contributed by atoms with Crippen LogP contribution < -0.4 is 0 Å². The van der Waals surface area contributed by atoms with Crippen molar-refractivity contribution in [1.29, 1.82) is 0 Å². The van der Waals surface area contributed by atoms with E-state index in [9.17, 15) is 14.3 Å². The first-order chi connectivity index (χ1) is 11.8. The van der Waals surface area contributed by atoms with Crippen LogP contribution in [0.4, 0.5) is 9.18 Å². The Morgan fingerprint density at radius 1 is 1.28 bits per heavy atom. The minimum Gasteiger partial charge on any atom is -0.444 e. The molecule has 4 nitrogen and oxygen atoms in total. The number of aliphatic hydroxyl groups is 1. The second kappa shape index (κ2) is 6.94. The van der Waals surface area contributed by atoms with Gasteiger partial charge in [-0.3, -0.25) is 0 Å². The number of rotatable bonds is 2. The third-order valence-corrected chi connectivity index (χ3v) is 5.45. The van der Waals surface area contributed by atoms with E-state index in [0.29, 0.717) is 18.7 Å². The lowest BCUT2D eigenvalue weighted by Gasteiger charge is -2.37. The minimum atomic E-state index is -0.524. The number of amides is 1. The molecule has 0 aromatic heterocycles. The topological polar surface area (TPSA) is 49.8 Å². The summed E-state index contributed by atoms with van der Waals surface area (Å²) in [6.45, 7) is 6.91. The van der Waals surface area contributed by atoms with Crippen LogP contribution in [0.5, 0.6) is 0 Å². The molecule has 5 heteroatoms. The average Bonchev–Trinajstić information content (AvgIpc) is 2.97. The van der Waals surface area contributed by atoms with E-state index in [1.165, 1.54) is 6.07 Å². The van der Waals surface area contributed by atoms with E-state index in [-0.39, 0.29) is 42.2 Å². The van der Waals surface area contributed by atoms with E-state index in [2.05, 4.69) is 0 Å². The summed E-state index contributed by atoms with van der Waals surface area (Å²) >= 11 is 0. The van der Waals surface area contributed by atoms with Crippen LogP contribution in [0, 0.1) is 23.6 Å². The van der Waals surface area contributed by atoms with Gasteiger partial charge in [0.15, 0.2) is 0 Å². The molecular formula is C20H28FNO3.